The molecule has 4 rings (SSSR count). The maximum atomic E-state index is 12.3. The Balaban J connectivity index is 1.77. The Labute approximate surface area is 171 Å². The second kappa shape index (κ2) is 8.66. The second-order valence-electron chi connectivity index (χ2n) is 7.96. The molecule has 150 valence electrons. The molecular weight excluding hydrogens is 360 g/mol. The zero-order valence-electron chi connectivity index (χ0n) is 17.2. The summed E-state index contributed by atoms with van der Waals surface area (Å²) in [5.41, 5.74) is 4.97. The number of aryl methyl sites for hydroxylation is 1. The minimum absolute atomic E-state index is 0.292. The Kier molecular flexibility index (Phi) is 5.81. The zero-order valence-corrected chi connectivity index (χ0v) is 17.2. The fourth-order valence-corrected chi connectivity index (χ4v) is 4.18. The summed E-state index contributed by atoms with van der Waals surface area (Å²) in [7, 11) is 0. The molecule has 1 N–H and O–H groups in total. The van der Waals surface area contributed by atoms with Crippen LogP contribution in [0.2, 0.25) is 0 Å². The van der Waals surface area contributed by atoms with Crippen LogP contribution >= 0.6 is 0 Å². The van der Waals surface area contributed by atoms with Gasteiger partial charge in [0.2, 0.25) is 0 Å². The molecule has 4 heteroatoms. The molecule has 0 unspecified atom stereocenters. The highest BCUT2D eigenvalue weighted by atomic mass is 16.4. The van der Waals surface area contributed by atoms with Gasteiger partial charge in [-0.3, -0.25) is 0 Å². The van der Waals surface area contributed by atoms with Crippen molar-refractivity contribution in [1.82, 2.24) is 5.32 Å². The number of benzene rings is 2. The van der Waals surface area contributed by atoms with Gasteiger partial charge in [-0.05, 0) is 57.5 Å². The van der Waals surface area contributed by atoms with Crippen molar-refractivity contribution in [3.05, 3.63) is 81.7 Å². The summed E-state index contributed by atoms with van der Waals surface area (Å²) >= 11 is 0. The van der Waals surface area contributed by atoms with Gasteiger partial charge in [-0.2, -0.15) is 0 Å². The zero-order chi connectivity index (χ0) is 20.2. The topological polar surface area (TPSA) is 45.5 Å². The number of piperidine rings is 1. The predicted molar refractivity (Wildman–Crippen MR) is 121 cm³/mol. The average molecular weight is 389 g/mol. The smallest absolute Gasteiger partial charge is 0.338 e. The molecule has 2 aromatic carbocycles. The Bertz CT molecular complexity index is 1060. The van der Waals surface area contributed by atoms with Crippen LogP contribution in [0.1, 0.15) is 30.9 Å². The molecule has 4 nitrogen and oxygen atoms in total. The number of hydrogen-bond acceptors (Lipinski definition) is 4. The van der Waals surface area contributed by atoms with Crippen LogP contribution < -0.4 is 15.8 Å². The van der Waals surface area contributed by atoms with Gasteiger partial charge in [-0.1, -0.05) is 53.6 Å². The predicted octanol–water partition coefficient (Wildman–Crippen LogP) is 4.76. The lowest BCUT2D eigenvalue weighted by Crippen LogP contribution is -2.44. The normalized spacial score (nSPS) is 15.6. The number of anilines is 1. The van der Waals surface area contributed by atoms with Crippen molar-refractivity contribution in [2.24, 2.45) is 0 Å². The minimum Gasteiger partial charge on any atom is -0.423 e. The first-order valence-corrected chi connectivity index (χ1v) is 10.3. The van der Waals surface area contributed by atoms with E-state index in [0.717, 1.165) is 49.1 Å². The summed E-state index contributed by atoms with van der Waals surface area (Å²) in [5.74, 6) is 0. The van der Waals surface area contributed by atoms with E-state index in [2.05, 4.69) is 60.5 Å². The summed E-state index contributed by atoms with van der Waals surface area (Å²) < 4.78 is 5.49. The van der Waals surface area contributed by atoms with Gasteiger partial charge >= 0.3 is 5.63 Å². The van der Waals surface area contributed by atoms with Gasteiger partial charge in [0.05, 0.1) is 5.69 Å². The van der Waals surface area contributed by atoms with Crippen LogP contribution in [0.25, 0.3) is 17.0 Å². The van der Waals surface area contributed by atoms with E-state index in [1.807, 2.05) is 18.2 Å². The number of nitrogens with zero attached hydrogens (tertiary/aromatic N) is 1. The summed E-state index contributed by atoms with van der Waals surface area (Å²) in [4.78, 5) is 14.7. The second-order valence-corrected chi connectivity index (χ2v) is 7.96. The molecule has 0 aliphatic carbocycles. The Morgan fingerprint density at radius 1 is 1.14 bits per heavy atom. The molecule has 0 amide bonds. The largest absolute Gasteiger partial charge is 0.423 e. The number of nitrogens with one attached hydrogen (secondary N) is 1. The number of fused-ring (bicyclic) bond motifs is 1. The van der Waals surface area contributed by atoms with Gasteiger partial charge in [0.15, 0.2) is 0 Å². The van der Waals surface area contributed by atoms with Crippen LogP contribution in [0.5, 0.6) is 0 Å². The number of hydrogen-bond donors (Lipinski definition) is 1. The van der Waals surface area contributed by atoms with Crippen LogP contribution in [0.15, 0.2) is 69.4 Å². The molecular formula is C25H28N2O2. The van der Waals surface area contributed by atoms with Crippen molar-refractivity contribution in [3.63, 3.8) is 0 Å². The van der Waals surface area contributed by atoms with Crippen molar-refractivity contribution in [2.75, 3.05) is 24.5 Å². The highest BCUT2D eigenvalue weighted by molar-refractivity contribution is 5.91. The summed E-state index contributed by atoms with van der Waals surface area (Å²) in [6, 6.07) is 18.5. The van der Waals surface area contributed by atoms with Crippen LogP contribution in [0, 0.1) is 6.92 Å². The molecule has 0 radical (unpaired) electrons. The molecule has 0 spiro atoms. The third kappa shape index (κ3) is 4.60. The molecule has 0 saturated carbocycles. The molecule has 1 fully saturated rings. The SMILES string of the molecule is C/C(=C\c1ccccc1)CN(c1cc(=O)oc2ccc(C)cc12)C1CCNCC1. The van der Waals surface area contributed by atoms with Gasteiger partial charge < -0.3 is 14.6 Å². The van der Waals surface area contributed by atoms with Gasteiger partial charge in [0.25, 0.3) is 0 Å². The van der Waals surface area contributed by atoms with E-state index in [9.17, 15) is 4.79 Å². The van der Waals surface area contributed by atoms with Crippen molar-refractivity contribution >= 4 is 22.7 Å². The first-order chi connectivity index (χ1) is 14.1. The van der Waals surface area contributed by atoms with Crippen LogP contribution in [0.3, 0.4) is 0 Å². The van der Waals surface area contributed by atoms with Gasteiger partial charge in [-0.25, -0.2) is 4.79 Å². The molecule has 2 heterocycles. The molecule has 1 saturated heterocycles. The first kappa shape index (κ1) is 19.5. The molecule has 0 atom stereocenters. The molecule has 29 heavy (non-hydrogen) atoms. The van der Waals surface area contributed by atoms with Crippen molar-refractivity contribution in [3.8, 4) is 0 Å². The van der Waals surface area contributed by atoms with E-state index in [1.165, 1.54) is 11.1 Å². The Morgan fingerprint density at radius 3 is 2.66 bits per heavy atom. The maximum Gasteiger partial charge on any atom is 0.338 e. The Hall–Kier alpha value is -2.85. The van der Waals surface area contributed by atoms with E-state index in [-0.39, 0.29) is 5.63 Å². The third-order valence-electron chi connectivity index (χ3n) is 5.57. The van der Waals surface area contributed by atoms with E-state index < -0.39 is 0 Å². The third-order valence-corrected chi connectivity index (χ3v) is 5.57. The van der Waals surface area contributed by atoms with E-state index in [0.29, 0.717) is 11.6 Å². The molecule has 1 aliphatic heterocycles. The summed E-state index contributed by atoms with van der Waals surface area (Å²) in [5, 5.41) is 4.46. The molecule has 1 aromatic heterocycles. The van der Waals surface area contributed by atoms with Crippen LogP contribution in [-0.4, -0.2) is 25.7 Å². The molecule has 0 bridgehead atoms. The van der Waals surface area contributed by atoms with Crippen LogP contribution in [-0.2, 0) is 0 Å². The number of rotatable bonds is 5. The van der Waals surface area contributed by atoms with E-state index in [4.69, 9.17) is 4.42 Å². The average Bonchev–Trinajstić information content (AvgIpc) is 2.73. The van der Waals surface area contributed by atoms with Gasteiger partial charge in [0, 0.05) is 24.0 Å². The monoisotopic (exact) mass is 388 g/mol. The van der Waals surface area contributed by atoms with Crippen molar-refractivity contribution < 1.29 is 4.42 Å². The quantitative estimate of drug-likeness (QED) is 0.640. The maximum absolute atomic E-state index is 12.3. The highest BCUT2D eigenvalue weighted by Gasteiger charge is 2.24. The lowest BCUT2D eigenvalue weighted by Gasteiger charge is -2.37. The van der Waals surface area contributed by atoms with E-state index >= 15 is 0 Å². The summed E-state index contributed by atoms with van der Waals surface area (Å²) in [6.45, 7) is 7.03. The molecule has 3 aromatic rings. The van der Waals surface area contributed by atoms with Crippen molar-refractivity contribution in [1.29, 1.82) is 0 Å². The Morgan fingerprint density at radius 2 is 1.90 bits per heavy atom. The summed E-state index contributed by atoms with van der Waals surface area (Å²) in [6.07, 6.45) is 4.35. The first-order valence-electron chi connectivity index (χ1n) is 10.3. The van der Waals surface area contributed by atoms with Gasteiger partial charge in [0.1, 0.15) is 5.58 Å². The lowest BCUT2D eigenvalue weighted by molar-refractivity contribution is 0.435. The fraction of sp³-hybridized carbons (Fsp3) is 0.320. The standard InChI is InChI=1S/C25H28N2O2/c1-18-8-9-24-22(15-18)23(16-25(28)29-24)27(21-10-12-26-13-11-21)17-19(2)14-20-6-4-3-5-7-20/h3-9,14-16,21,26H,10-13,17H2,1-2H3/b19-14+. The molecule has 1 aliphatic rings. The minimum atomic E-state index is -0.292. The fourth-order valence-electron chi connectivity index (χ4n) is 4.18. The van der Waals surface area contributed by atoms with E-state index in [1.54, 1.807) is 6.07 Å². The lowest BCUT2D eigenvalue weighted by atomic mass is 10.0. The van der Waals surface area contributed by atoms with Crippen molar-refractivity contribution in [2.45, 2.75) is 32.7 Å². The van der Waals surface area contributed by atoms with Gasteiger partial charge in [-0.15, -0.1) is 0 Å². The highest BCUT2D eigenvalue weighted by Crippen LogP contribution is 2.30. The van der Waals surface area contributed by atoms with Crippen LogP contribution in [0.4, 0.5) is 5.69 Å².